The van der Waals surface area contributed by atoms with Crippen molar-refractivity contribution in [3.05, 3.63) is 12.2 Å². The van der Waals surface area contributed by atoms with Crippen molar-refractivity contribution in [1.29, 1.82) is 0 Å². The molecule has 5 atom stereocenters. The summed E-state index contributed by atoms with van der Waals surface area (Å²) in [5.74, 6) is -2.80. The molecule has 1 saturated carbocycles. The van der Waals surface area contributed by atoms with E-state index in [1.165, 1.54) is 12.0 Å². The van der Waals surface area contributed by atoms with Gasteiger partial charge in [-0.2, -0.15) is 0 Å². The summed E-state index contributed by atoms with van der Waals surface area (Å²) >= 11 is 0. The number of aliphatic carboxylic acids is 1. The zero-order valence-corrected chi connectivity index (χ0v) is 11.9. The molecule has 1 amide bonds. The number of nitrogens with zero attached hydrogens (tertiary/aromatic N) is 1. The van der Waals surface area contributed by atoms with E-state index in [9.17, 15) is 19.5 Å². The van der Waals surface area contributed by atoms with Crippen molar-refractivity contribution in [1.82, 2.24) is 4.90 Å². The van der Waals surface area contributed by atoms with Crippen molar-refractivity contribution in [2.24, 2.45) is 23.7 Å². The third-order valence-electron chi connectivity index (χ3n) is 5.04. The zero-order chi connectivity index (χ0) is 15.1. The molecule has 6 nitrogen and oxygen atoms in total. The summed E-state index contributed by atoms with van der Waals surface area (Å²) in [7, 11) is 1.31. The first-order chi connectivity index (χ1) is 10.0. The van der Waals surface area contributed by atoms with E-state index in [4.69, 9.17) is 4.74 Å². The van der Waals surface area contributed by atoms with Gasteiger partial charge in [0.05, 0.1) is 18.9 Å². The largest absolute Gasteiger partial charge is 0.481 e. The number of carbonyl (C=O) groups excluding carboxylic acids is 2. The van der Waals surface area contributed by atoms with Crippen molar-refractivity contribution in [3.63, 3.8) is 0 Å². The van der Waals surface area contributed by atoms with E-state index in [1.54, 1.807) is 0 Å². The van der Waals surface area contributed by atoms with E-state index in [2.05, 4.69) is 0 Å². The Morgan fingerprint density at radius 2 is 1.86 bits per heavy atom. The lowest BCUT2D eigenvalue weighted by Gasteiger charge is -2.30. The fraction of sp³-hybridized carbons (Fsp3) is 0.667. The molecule has 21 heavy (non-hydrogen) atoms. The van der Waals surface area contributed by atoms with Gasteiger partial charge in [-0.15, -0.1) is 0 Å². The topological polar surface area (TPSA) is 83.9 Å². The highest BCUT2D eigenvalue weighted by Crippen LogP contribution is 2.49. The first-order valence-corrected chi connectivity index (χ1v) is 7.34. The Balaban J connectivity index is 1.83. The van der Waals surface area contributed by atoms with Crippen LogP contribution in [0.2, 0.25) is 0 Å². The van der Waals surface area contributed by atoms with E-state index in [1.807, 2.05) is 12.2 Å². The van der Waals surface area contributed by atoms with Gasteiger partial charge in [-0.25, -0.2) is 4.79 Å². The van der Waals surface area contributed by atoms with Gasteiger partial charge in [-0.1, -0.05) is 12.2 Å². The normalized spacial score (nSPS) is 37.0. The fourth-order valence-corrected chi connectivity index (χ4v) is 4.10. The highest BCUT2D eigenvalue weighted by atomic mass is 16.5. The second-order valence-electron chi connectivity index (χ2n) is 6.05. The van der Waals surface area contributed by atoms with E-state index in [0.29, 0.717) is 13.0 Å². The van der Waals surface area contributed by atoms with Crippen LogP contribution in [0, 0.1) is 23.7 Å². The predicted molar refractivity (Wildman–Crippen MR) is 72.1 cm³/mol. The van der Waals surface area contributed by atoms with Crippen LogP contribution in [0.1, 0.15) is 19.3 Å². The van der Waals surface area contributed by atoms with E-state index in [-0.39, 0.29) is 17.7 Å². The highest BCUT2D eigenvalue weighted by Gasteiger charge is 2.54. The number of hydrogen-bond donors (Lipinski definition) is 1. The molecule has 0 aromatic rings. The summed E-state index contributed by atoms with van der Waals surface area (Å²) in [4.78, 5) is 37.6. The lowest BCUT2D eigenvalue weighted by molar-refractivity contribution is -0.156. The van der Waals surface area contributed by atoms with Gasteiger partial charge in [-0.3, -0.25) is 9.59 Å². The van der Waals surface area contributed by atoms with Crippen LogP contribution in [0.5, 0.6) is 0 Å². The molecule has 0 aromatic carbocycles. The fourth-order valence-electron chi connectivity index (χ4n) is 4.10. The molecule has 0 unspecified atom stereocenters. The lowest BCUT2D eigenvalue weighted by atomic mass is 9.82. The van der Waals surface area contributed by atoms with Crippen LogP contribution in [0.3, 0.4) is 0 Å². The second kappa shape index (κ2) is 5.16. The number of hydrogen-bond acceptors (Lipinski definition) is 4. The van der Waals surface area contributed by atoms with Gasteiger partial charge in [0.25, 0.3) is 0 Å². The molecule has 2 fully saturated rings. The Morgan fingerprint density at radius 3 is 2.48 bits per heavy atom. The molecular weight excluding hydrogens is 274 g/mol. The van der Waals surface area contributed by atoms with Gasteiger partial charge in [0, 0.05) is 6.54 Å². The number of carboxylic acids is 1. The summed E-state index contributed by atoms with van der Waals surface area (Å²) < 4.78 is 4.75. The summed E-state index contributed by atoms with van der Waals surface area (Å²) in [6, 6.07) is -0.556. The van der Waals surface area contributed by atoms with Crippen LogP contribution in [0.15, 0.2) is 12.2 Å². The molecular formula is C15H19NO5. The Morgan fingerprint density at radius 1 is 1.19 bits per heavy atom. The van der Waals surface area contributed by atoms with Crippen molar-refractivity contribution in [2.75, 3.05) is 13.7 Å². The van der Waals surface area contributed by atoms with Crippen LogP contribution < -0.4 is 0 Å². The summed E-state index contributed by atoms with van der Waals surface area (Å²) in [5, 5.41) is 9.42. The SMILES string of the molecule is COC(=O)[C@@H]1CCCN1C(=O)[C@H]1[C@@H](C(=O)O)[C@@H]2C=C[C@H]1C2. The third-order valence-corrected chi connectivity index (χ3v) is 5.04. The molecule has 1 saturated heterocycles. The van der Waals surface area contributed by atoms with Gasteiger partial charge in [-0.05, 0) is 31.1 Å². The Bertz CT molecular complexity index is 514. The first kappa shape index (κ1) is 14.1. The Labute approximate surface area is 122 Å². The number of likely N-dealkylation sites (tertiary alicyclic amines) is 1. The summed E-state index contributed by atoms with van der Waals surface area (Å²) in [5.41, 5.74) is 0. The molecule has 1 heterocycles. The van der Waals surface area contributed by atoms with Crippen LogP contribution in [-0.4, -0.2) is 47.5 Å². The van der Waals surface area contributed by atoms with E-state index >= 15 is 0 Å². The minimum atomic E-state index is -0.918. The number of methoxy groups -OCH3 is 1. The van der Waals surface area contributed by atoms with Crippen molar-refractivity contribution in [2.45, 2.75) is 25.3 Å². The highest BCUT2D eigenvalue weighted by molar-refractivity contribution is 5.90. The minimum absolute atomic E-state index is 0.0116. The molecule has 3 rings (SSSR count). The number of carbonyl (C=O) groups is 3. The maximum atomic E-state index is 12.8. The number of fused-ring (bicyclic) bond motifs is 2. The smallest absolute Gasteiger partial charge is 0.328 e. The van der Waals surface area contributed by atoms with Crippen LogP contribution in [0.4, 0.5) is 0 Å². The standard InChI is InChI=1S/C15H19NO5/c1-21-15(20)10-3-2-6-16(10)13(17)11-8-4-5-9(7-8)12(11)14(18)19/h4-5,8-12H,2-3,6-7H2,1H3,(H,18,19)/t8-,9+,10-,11+,12-/m0/s1. The van der Waals surface area contributed by atoms with Crippen molar-refractivity contribution < 1.29 is 24.2 Å². The van der Waals surface area contributed by atoms with E-state index in [0.717, 1.165) is 12.8 Å². The van der Waals surface area contributed by atoms with Crippen LogP contribution in [0.25, 0.3) is 0 Å². The van der Waals surface area contributed by atoms with Crippen LogP contribution in [-0.2, 0) is 19.1 Å². The molecule has 1 N–H and O–H groups in total. The molecule has 3 aliphatic rings. The Hall–Kier alpha value is -1.85. The maximum absolute atomic E-state index is 12.8. The van der Waals surface area contributed by atoms with Gasteiger partial charge in [0.2, 0.25) is 5.91 Å². The Kier molecular flexibility index (Phi) is 3.47. The average Bonchev–Trinajstić information content (AvgIpc) is 3.18. The number of rotatable bonds is 3. The lowest BCUT2D eigenvalue weighted by Crippen LogP contribution is -2.47. The second-order valence-corrected chi connectivity index (χ2v) is 6.05. The molecule has 6 heteroatoms. The molecule has 2 aliphatic carbocycles. The predicted octanol–water partition coefficient (Wildman–Crippen LogP) is 0.673. The molecule has 114 valence electrons. The number of ether oxygens (including phenoxy) is 1. The summed E-state index contributed by atoms with van der Waals surface area (Å²) in [6.07, 6.45) is 5.93. The first-order valence-electron chi connectivity index (χ1n) is 7.34. The number of amides is 1. The molecule has 0 radical (unpaired) electrons. The maximum Gasteiger partial charge on any atom is 0.328 e. The summed E-state index contributed by atoms with van der Waals surface area (Å²) in [6.45, 7) is 0.503. The van der Waals surface area contributed by atoms with Crippen molar-refractivity contribution >= 4 is 17.8 Å². The van der Waals surface area contributed by atoms with Crippen molar-refractivity contribution in [3.8, 4) is 0 Å². The minimum Gasteiger partial charge on any atom is -0.481 e. The molecule has 2 bridgehead atoms. The molecule has 1 aliphatic heterocycles. The van der Waals surface area contributed by atoms with Gasteiger partial charge < -0.3 is 14.7 Å². The van der Waals surface area contributed by atoms with Gasteiger partial charge in [0.1, 0.15) is 6.04 Å². The quantitative estimate of drug-likeness (QED) is 0.611. The van der Waals surface area contributed by atoms with Crippen LogP contribution >= 0.6 is 0 Å². The number of carboxylic acid groups (broad SMARTS) is 1. The third kappa shape index (κ3) is 2.13. The van der Waals surface area contributed by atoms with Gasteiger partial charge in [0.15, 0.2) is 0 Å². The molecule has 0 aromatic heterocycles. The number of allylic oxidation sites excluding steroid dienone is 2. The number of esters is 1. The van der Waals surface area contributed by atoms with Gasteiger partial charge >= 0.3 is 11.9 Å². The zero-order valence-electron chi connectivity index (χ0n) is 11.9. The van der Waals surface area contributed by atoms with E-state index < -0.39 is 29.8 Å². The monoisotopic (exact) mass is 293 g/mol. The molecule has 0 spiro atoms. The average molecular weight is 293 g/mol.